The molecule has 1 atom stereocenters. The highest BCUT2D eigenvalue weighted by Crippen LogP contribution is 2.45. The van der Waals surface area contributed by atoms with E-state index in [1.54, 1.807) is 47.1 Å². The molecule has 3 aliphatic rings. The third-order valence-corrected chi connectivity index (χ3v) is 8.73. The molecule has 0 bridgehead atoms. The summed E-state index contributed by atoms with van der Waals surface area (Å²) in [5.41, 5.74) is 2.79. The number of benzene rings is 1. The number of halogens is 3. The molecule has 1 saturated carbocycles. The molecule has 2 fully saturated rings. The second-order valence-electron chi connectivity index (χ2n) is 11.9. The maximum Gasteiger partial charge on any atom is 0.434 e. The molecule has 7 rings (SSSR count). The molecule has 13 heteroatoms. The van der Waals surface area contributed by atoms with Gasteiger partial charge in [-0.1, -0.05) is 24.3 Å². The van der Waals surface area contributed by atoms with Crippen LogP contribution in [-0.4, -0.2) is 73.0 Å². The van der Waals surface area contributed by atoms with Gasteiger partial charge in [0.05, 0.1) is 12.8 Å². The zero-order valence-electron chi connectivity index (χ0n) is 24.9. The Hall–Kier alpha value is -4.36. The first-order chi connectivity index (χ1) is 21.7. The summed E-state index contributed by atoms with van der Waals surface area (Å²) in [4.78, 5) is 26.2. The number of aliphatic hydroxyl groups excluding tert-OH is 1. The van der Waals surface area contributed by atoms with Crippen molar-refractivity contribution in [3.63, 3.8) is 0 Å². The summed E-state index contributed by atoms with van der Waals surface area (Å²) in [5.74, 6) is 1.96. The van der Waals surface area contributed by atoms with E-state index >= 15 is 0 Å². The number of imidazole rings is 1. The highest BCUT2D eigenvalue weighted by molar-refractivity contribution is 5.73. The summed E-state index contributed by atoms with van der Waals surface area (Å²) >= 11 is 0. The first-order valence-electron chi connectivity index (χ1n) is 15.0. The van der Waals surface area contributed by atoms with Crippen molar-refractivity contribution in [3.8, 4) is 28.7 Å². The average molecular weight is 619 g/mol. The average Bonchev–Trinajstić information content (AvgIpc) is 3.79. The Morgan fingerprint density at radius 1 is 1.00 bits per heavy atom. The van der Waals surface area contributed by atoms with Crippen LogP contribution in [0.4, 0.5) is 19.0 Å². The van der Waals surface area contributed by atoms with Crippen LogP contribution < -0.4 is 9.64 Å². The minimum atomic E-state index is -4.53. The molecule has 0 amide bonds. The van der Waals surface area contributed by atoms with Crippen LogP contribution in [0.2, 0.25) is 0 Å². The van der Waals surface area contributed by atoms with Gasteiger partial charge in [0.15, 0.2) is 11.5 Å². The normalized spacial score (nSPS) is 19.2. The molecule has 0 spiro atoms. The molecule has 45 heavy (non-hydrogen) atoms. The largest absolute Gasteiger partial charge is 0.480 e. The van der Waals surface area contributed by atoms with Crippen LogP contribution in [0.25, 0.3) is 28.9 Å². The lowest BCUT2D eigenvalue weighted by Crippen LogP contribution is -2.36. The van der Waals surface area contributed by atoms with Crippen molar-refractivity contribution >= 4 is 11.9 Å². The smallest absolute Gasteiger partial charge is 0.434 e. The maximum atomic E-state index is 13.7. The number of rotatable bonds is 7. The topological polar surface area (TPSA) is 105 Å². The van der Waals surface area contributed by atoms with E-state index in [1.807, 2.05) is 19.2 Å². The minimum Gasteiger partial charge on any atom is -0.480 e. The van der Waals surface area contributed by atoms with Gasteiger partial charge in [0.25, 0.3) is 0 Å². The predicted octanol–water partition coefficient (Wildman–Crippen LogP) is 5.32. The molecular formula is C32H33F3N8O2. The number of nitrogens with zero attached hydrogens (tertiary/aromatic N) is 8. The molecule has 234 valence electrons. The van der Waals surface area contributed by atoms with Gasteiger partial charge in [-0.3, -0.25) is 0 Å². The van der Waals surface area contributed by atoms with Crippen molar-refractivity contribution in [2.24, 2.45) is 0 Å². The van der Waals surface area contributed by atoms with Crippen LogP contribution in [0, 0.1) is 0 Å². The lowest BCUT2D eigenvalue weighted by Gasteiger charge is -2.31. The zero-order chi connectivity index (χ0) is 31.3. The predicted molar refractivity (Wildman–Crippen MR) is 161 cm³/mol. The van der Waals surface area contributed by atoms with E-state index in [-0.39, 0.29) is 6.04 Å². The van der Waals surface area contributed by atoms with Crippen molar-refractivity contribution < 1.29 is 23.0 Å². The standard InChI is InChI=1S/C32H33F3N8O2/c1-41-13-11-23(12-14-41)42-17-24(32(33,34)35)39-29(42)21-5-3-19(4-6-21)16-43-25(44)10-9-22-15-36-28(40-30(22)43)26-27(20-7-8-20)37-18-38-31(26)45-2/h3-6,9-10,15,17-18,20,23,25,44H,7-8,11-14,16H2,1-2H3. The Labute approximate surface area is 258 Å². The Kier molecular flexibility index (Phi) is 7.52. The summed E-state index contributed by atoms with van der Waals surface area (Å²) in [5, 5.41) is 11.0. The molecule has 1 aromatic carbocycles. The third kappa shape index (κ3) is 5.77. The number of fused-ring (bicyclic) bond motifs is 1. The Bertz CT molecular complexity index is 1730. The molecule has 5 heterocycles. The lowest BCUT2D eigenvalue weighted by molar-refractivity contribution is -0.140. The minimum absolute atomic E-state index is 0.0609. The number of aromatic nitrogens is 6. The number of hydrogen-bond acceptors (Lipinski definition) is 9. The number of piperidine rings is 1. The monoisotopic (exact) mass is 618 g/mol. The summed E-state index contributed by atoms with van der Waals surface area (Å²) in [6.07, 6.45) is 5.86. The molecule has 1 N–H and O–H groups in total. The van der Waals surface area contributed by atoms with Crippen molar-refractivity contribution in [3.05, 3.63) is 71.6 Å². The highest BCUT2D eigenvalue weighted by Gasteiger charge is 2.36. The molecule has 1 aliphatic carbocycles. The van der Waals surface area contributed by atoms with Crippen LogP contribution in [-0.2, 0) is 12.7 Å². The van der Waals surface area contributed by atoms with Gasteiger partial charge in [0, 0.05) is 42.0 Å². The van der Waals surface area contributed by atoms with Crippen molar-refractivity contribution in [1.29, 1.82) is 0 Å². The van der Waals surface area contributed by atoms with E-state index in [4.69, 9.17) is 9.72 Å². The van der Waals surface area contributed by atoms with Gasteiger partial charge in [-0.25, -0.2) is 24.9 Å². The maximum absolute atomic E-state index is 13.7. The van der Waals surface area contributed by atoms with Gasteiger partial charge < -0.3 is 24.2 Å². The molecular weight excluding hydrogens is 585 g/mol. The molecule has 0 radical (unpaired) electrons. The molecule has 2 aliphatic heterocycles. The number of alkyl halides is 3. The summed E-state index contributed by atoms with van der Waals surface area (Å²) in [6.45, 7) is 1.92. The van der Waals surface area contributed by atoms with Crippen LogP contribution >= 0.6 is 0 Å². The van der Waals surface area contributed by atoms with Crippen LogP contribution in [0.1, 0.15) is 60.2 Å². The van der Waals surface area contributed by atoms with Crippen LogP contribution in [0.15, 0.2) is 49.1 Å². The van der Waals surface area contributed by atoms with Crippen molar-refractivity contribution in [2.45, 2.75) is 56.6 Å². The van der Waals surface area contributed by atoms with E-state index in [2.05, 4.69) is 24.8 Å². The second kappa shape index (κ2) is 11.5. The fourth-order valence-corrected chi connectivity index (χ4v) is 6.10. The van der Waals surface area contributed by atoms with E-state index in [0.717, 1.165) is 61.8 Å². The van der Waals surface area contributed by atoms with Gasteiger partial charge in [0.1, 0.15) is 29.8 Å². The second-order valence-corrected chi connectivity index (χ2v) is 11.9. The molecule has 10 nitrogen and oxygen atoms in total. The number of likely N-dealkylation sites (tertiary alicyclic amines) is 1. The third-order valence-electron chi connectivity index (χ3n) is 8.73. The SMILES string of the molecule is COc1ncnc(C2CC2)c1-c1ncc2c(n1)N(Cc1ccc(-c3nc(C(F)(F)F)cn3C3CCN(C)CC3)cc1)C(O)C=C2. The number of anilines is 1. The van der Waals surface area contributed by atoms with E-state index in [0.29, 0.717) is 46.9 Å². The molecule has 1 unspecified atom stereocenters. The van der Waals surface area contributed by atoms with Gasteiger partial charge in [-0.15, -0.1) is 0 Å². The Morgan fingerprint density at radius 3 is 2.44 bits per heavy atom. The van der Waals surface area contributed by atoms with E-state index in [9.17, 15) is 18.3 Å². The summed E-state index contributed by atoms with van der Waals surface area (Å²) < 4.78 is 48.4. The van der Waals surface area contributed by atoms with Crippen molar-refractivity contribution in [1.82, 2.24) is 34.4 Å². The number of hydrogen-bond donors (Lipinski definition) is 1. The first kappa shape index (κ1) is 29.4. The summed E-state index contributed by atoms with van der Waals surface area (Å²) in [7, 11) is 3.57. The Balaban J connectivity index is 1.19. The molecule has 4 aromatic rings. The number of methoxy groups -OCH3 is 1. The fourth-order valence-electron chi connectivity index (χ4n) is 6.10. The fraction of sp³-hybridized carbons (Fsp3) is 0.406. The number of ether oxygens (including phenoxy) is 1. The quantitative estimate of drug-likeness (QED) is 0.295. The molecule has 3 aromatic heterocycles. The number of aliphatic hydroxyl groups is 1. The molecule has 1 saturated heterocycles. The summed E-state index contributed by atoms with van der Waals surface area (Å²) in [6, 6.07) is 7.21. The Morgan fingerprint density at radius 2 is 1.76 bits per heavy atom. The van der Waals surface area contributed by atoms with E-state index in [1.165, 1.54) is 6.33 Å². The van der Waals surface area contributed by atoms with E-state index < -0.39 is 18.1 Å². The van der Waals surface area contributed by atoms with Crippen molar-refractivity contribution in [2.75, 3.05) is 32.1 Å². The highest BCUT2D eigenvalue weighted by atomic mass is 19.4. The van der Waals surface area contributed by atoms with Gasteiger partial charge >= 0.3 is 6.18 Å². The van der Waals surface area contributed by atoms with Crippen LogP contribution in [0.5, 0.6) is 5.88 Å². The van der Waals surface area contributed by atoms with Gasteiger partial charge in [-0.2, -0.15) is 13.2 Å². The first-order valence-corrected chi connectivity index (χ1v) is 15.0. The zero-order valence-corrected chi connectivity index (χ0v) is 24.9. The van der Waals surface area contributed by atoms with Gasteiger partial charge in [0.2, 0.25) is 5.88 Å². The van der Waals surface area contributed by atoms with Crippen LogP contribution in [0.3, 0.4) is 0 Å². The van der Waals surface area contributed by atoms with Gasteiger partial charge in [-0.05, 0) is 63.5 Å². The lowest BCUT2D eigenvalue weighted by atomic mass is 10.0.